The van der Waals surface area contributed by atoms with Crippen LogP contribution in [0.15, 0.2) is 24.3 Å². The highest BCUT2D eigenvalue weighted by molar-refractivity contribution is 6.32. The molecule has 2 atom stereocenters. The number of nitrogens with one attached hydrogen (secondary N) is 1. The molecule has 6 heteroatoms. The number of amides is 1. The second kappa shape index (κ2) is 8.83. The minimum absolute atomic E-state index is 0.108. The van der Waals surface area contributed by atoms with Gasteiger partial charge in [0.2, 0.25) is 0 Å². The lowest BCUT2D eigenvalue weighted by molar-refractivity contribution is -0.144. The van der Waals surface area contributed by atoms with Gasteiger partial charge >= 0.3 is 5.97 Å². The van der Waals surface area contributed by atoms with Crippen molar-refractivity contribution in [2.24, 2.45) is 5.92 Å². The molecule has 0 saturated heterocycles. The maximum Gasteiger partial charge on any atom is 0.331 e. The van der Waals surface area contributed by atoms with Crippen molar-refractivity contribution >= 4 is 29.6 Å². The van der Waals surface area contributed by atoms with Crippen LogP contribution in [0.3, 0.4) is 0 Å². The van der Waals surface area contributed by atoms with Gasteiger partial charge in [-0.3, -0.25) is 4.79 Å². The van der Waals surface area contributed by atoms with E-state index in [2.05, 4.69) is 12.2 Å². The average Bonchev–Trinajstić information content (AvgIpc) is 2.54. The Morgan fingerprint density at radius 3 is 2.83 bits per heavy atom. The molecule has 2 rings (SSSR count). The van der Waals surface area contributed by atoms with Crippen LogP contribution in [0.4, 0.5) is 4.39 Å². The topological polar surface area (TPSA) is 55.4 Å². The molecule has 0 spiro atoms. The molecular formula is C18H21ClFNO3. The molecule has 0 heterocycles. The zero-order chi connectivity index (χ0) is 17.5. The molecule has 1 amide bonds. The predicted molar refractivity (Wildman–Crippen MR) is 91.0 cm³/mol. The van der Waals surface area contributed by atoms with Crippen molar-refractivity contribution in [2.75, 3.05) is 6.61 Å². The number of carbonyl (C=O) groups is 2. The second-order valence-corrected chi connectivity index (χ2v) is 6.42. The fourth-order valence-corrected chi connectivity index (χ4v) is 3.01. The molecule has 0 unspecified atom stereocenters. The van der Waals surface area contributed by atoms with Crippen LogP contribution in [0.25, 0.3) is 6.08 Å². The molecule has 0 aromatic heterocycles. The Morgan fingerprint density at radius 1 is 1.38 bits per heavy atom. The molecule has 1 aromatic carbocycles. The van der Waals surface area contributed by atoms with Crippen molar-refractivity contribution in [3.63, 3.8) is 0 Å². The van der Waals surface area contributed by atoms with Gasteiger partial charge in [-0.15, -0.1) is 0 Å². The molecule has 0 aliphatic heterocycles. The molecule has 130 valence electrons. The molecule has 1 fully saturated rings. The van der Waals surface area contributed by atoms with Crippen LogP contribution >= 0.6 is 11.6 Å². The van der Waals surface area contributed by atoms with Crippen molar-refractivity contribution in [1.29, 1.82) is 0 Å². The first kappa shape index (κ1) is 18.5. The van der Waals surface area contributed by atoms with Crippen LogP contribution in [-0.2, 0) is 14.3 Å². The van der Waals surface area contributed by atoms with Gasteiger partial charge < -0.3 is 10.1 Å². The summed E-state index contributed by atoms with van der Waals surface area (Å²) in [6.45, 7) is 1.76. The van der Waals surface area contributed by atoms with E-state index in [4.69, 9.17) is 16.3 Å². The first-order valence-corrected chi connectivity index (χ1v) is 8.43. The summed E-state index contributed by atoms with van der Waals surface area (Å²) in [6.07, 6.45) is 6.62. The molecule has 1 aromatic rings. The summed E-state index contributed by atoms with van der Waals surface area (Å²) in [7, 11) is 0. The minimum Gasteiger partial charge on any atom is -0.452 e. The molecule has 0 radical (unpaired) electrons. The monoisotopic (exact) mass is 353 g/mol. The summed E-state index contributed by atoms with van der Waals surface area (Å²) in [4.78, 5) is 23.5. The molecule has 1 aliphatic carbocycles. The minimum atomic E-state index is -0.721. The van der Waals surface area contributed by atoms with Gasteiger partial charge in [0.25, 0.3) is 5.91 Å². The second-order valence-electron chi connectivity index (χ2n) is 6.01. The van der Waals surface area contributed by atoms with E-state index in [0.29, 0.717) is 5.92 Å². The highest BCUT2D eigenvalue weighted by Crippen LogP contribution is 2.23. The first-order chi connectivity index (χ1) is 11.5. The number of benzene rings is 1. The van der Waals surface area contributed by atoms with E-state index in [-0.39, 0.29) is 29.1 Å². The summed E-state index contributed by atoms with van der Waals surface area (Å²) in [6, 6.07) is 4.38. The number of ether oxygens (including phenoxy) is 1. The summed E-state index contributed by atoms with van der Waals surface area (Å²) in [5, 5.41) is 3.09. The van der Waals surface area contributed by atoms with Gasteiger partial charge in [0.05, 0.1) is 5.02 Å². The summed E-state index contributed by atoms with van der Waals surface area (Å²) in [5.74, 6) is -1.14. The standard InChI is InChI=1S/C18H21ClFNO3/c1-12-5-2-3-8-16(12)21-17(22)11-24-18(23)10-9-13-14(19)6-4-7-15(13)20/h4,6-7,9-10,12,16H,2-3,5,8,11H2,1H3,(H,21,22)/b10-9+/t12-,16+/m0/s1. The first-order valence-electron chi connectivity index (χ1n) is 8.05. The molecule has 1 aliphatic rings. The molecule has 0 bridgehead atoms. The highest BCUT2D eigenvalue weighted by atomic mass is 35.5. The summed E-state index contributed by atoms with van der Waals surface area (Å²) < 4.78 is 18.4. The normalized spacial score (nSPS) is 20.8. The average molecular weight is 354 g/mol. The lowest BCUT2D eigenvalue weighted by Crippen LogP contribution is -2.42. The van der Waals surface area contributed by atoms with Crippen LogP contribution in [0.1, 0.15) is 38.2 Å². The lowest BCUT2D eigenvalue weighted by atomic mass is 9.86. The molecule has 1 saturated carbocycles. The van der Waals surface area contributed by atoms with E-state index in [0.717, 1.165) is 25.3 Å². The van der Waals surface area contributed by atoms with Crippen molar-refractivity contribution in [3.05, 3.63) is 40.7 Å². The third kappa shape index (κ3) is 5.34. The number of esters is 1. The zero-order valence-corrected chi connectivity index (χ0v) is 14.3. The Bertz CT molecular complexity index is 612. The van der Waals surface area contributed by atoms with Gasteiger partial charge in [-0.2, -0.15) is 0 Å². The maximum absolute atomic E-state index is 13.6. The Hall–Kier alpha value is -1.88. The summed E-state index contributed by atoms with van der Waals surface area (Å²) in [5.41, 5.74) is 0.108. The van der Waals surface area contributed by atoms with Crippen molar-refractivity contribution < 1.29 is 18.7 Å². The Morgan fingerprint density at radius 2 is 2.12 bits per heavy atom. The maximum atomic E-state index is 13.6. The fraction of sp³-hybridized carbons (Fsp3) is 0.444. The number of hydrogen-bond acceptors (Lipinski definition) is 3. The van der Waals surface area contributed by atoms with Gasteiger partial charge in [-0.05, 0) is 37.0 Å². The highest BCUT2D eigenvalue weighted by Gasteiger charge is 2.22. The molecule has 24 heavy (non-hydrogen) atoms. The fourth-order valence-electron chi connectivity index (χ4n) is 2.79. The van der Waals surface area contributed by atoms with Crippen LogP contribution in [0.2, 0.25) is 5.02 Å². The number of hydrogen-bond donors (Lipinski definition) is 1. The third-order valence-corrected chi connectivity index (χ3v) is 4.52. The van der Waals surface area contributed by atoms with Crippen molar-refractivity contribution in [3.8, 4) is 0 Å². The van der Waals surface area contributed by atoms with E-state index in [1.807, 2.05) is 0 Å². The third-order valence-electron chi connectivity index (χ3n) is 4.19. The van der Waals surface area contributed by atoms with Gasteiger partial charge in [0, 0.05) is 17.7 Å². The molecule has 1 N–H and O–H groups in total. The van der Waals surface area contributed by atoms with Crippen molar-refractivity contribution in [2.45, 2.75) is 38.6 Å². The summed E-state index contributed by atoms with van der Waals surface area (Å²) >= 11 is 5.86. The Balaban J connectivity index is 1.80. The Kier molecular flexibility index (Phi) is 6.79. The van der Waals surface area contributed by atoms with E-state index >= 15 is 0 Å². The SMILES string of the molecule is C[C@H]1CCCC[C@H]1NC(=O)COC(=O)/C=C/c1c(F)cccc1Cl. The van der Waals surface area contributed by atoms with E-state index < -0.39 is 11.8 Å². The Labute approximate surface area is 146 Å². The smallest absolute Gasteiger partial charge is 0.331 e. The van der Waals surface area contributed by atoms with Gasteiger partial charge in [0.15, 0.2) is 6.61 Å². The number of halogens is 2. The van der Waals surface area contributed by atoms with Gasteiger partial charge in [-0.25, -0.2) is 9.18 Å². The van der Waals surface area contributed by atoms with E-state index in [1.165, 1.54) is 30.7 Å². The quantitative estimate of drug-likeness (QED) is 0.648. The zero-order valence-electron chi connectivity index (χ0n) is 13.6. The van der Waals surface area contributed by atoms with Gasteiger partial charge in [-0.1, -0.05) is 37.4 Å². The predicted octanol–water partition coefficient (Wildman–Crippen LogP) is 3.73. The largest absolute Gasteiger partial charge is 0.452 e. The van der Waals surface area contributed by atoms with Crippen LogP contribution in [-0.4, -0.2) is 24.5 Å². The van der Waals surface area contributed by atoms with Crippen LogP contribution in [0, 0.1) is 11.7 Å². The van der Waals surface area contributed by atoms with E-state index in [9.17, 15) is 14.0 Å². The number of rotatable bonds is 5. The van der Waals surface area contributed by atoms with Crippen LogP contribution in [0.5, 0.6) is 0 Å². The lowest BCUT2D eigenvalue weighted by Gasteiger charge is -2.29. The number of carbonyl (C=O) groups excluding carboxylic acids is 2. The van der Waals surface area contributed by atoms with Crippen molar-refractivity contribution in [1.82, 2.24) is 5.32 Å². The molecule has 4 nitrogen and oxygen atoms in total. The van der Waals surface area contributed by atoms with Gasteiger partial charge in [0.1, 0.15) is 5.82 Å². The van der Waals surface area contributed by atoms with E-state index in [1.54, 1.807) is 0 Å². The molecular weight excluding hydrogens is 333 g/mol. The van der Waals surface area contributed by atoms with Crippen LogP contribution < -0.4 is 5.32 Å².